The molecule has 9 nitrogen and oxygen atoms in total. The Kier molecular flexibility index (Phi) is 5.14. The van der Waals surface area contributed by atoms with Crippen molar-refractivity contribution >= 4 is 11.8 Å². The first-order chi connectivity index (χ1) is 14.0. The van der Waals surface area contributed by atoms with Crippen LogP contribution in [0.3, 0.4) is 0 Å². The number of carbonyl (C=O) groups excluding carboxylic acids is 2. The lowest BCUT2D eigenvalue weighted by Gasteiger charge is -2.43. The van der Waals surface area contributed by atoms with Crippen LogP contribution in [0.15, 0.2) is 41.7 Å². The molecule has 1 saturated heterocycles. The van der Waals surface area contributed by atoms with Gasteiger partial charge in [0.05, 0.1) is 17.8 Å². The average molecular weight is 397 g/mol. The topological polar surface area (TPSA) is 117 Å². The molecule has 4 rings (SSSR count). The van der Waals surface area contributed by atoms with Crippen molar-refractivity contribution in [3.63, 3.8) is 0 Å². The van der Waals surface area contributed by atoms with E-state index in [-0.39, 0.29) is 35.2 Å². The summed E-state index contributed by atoms with van der Waals surface area (Å²) < 4.78 is 5.88. The number of nitrogens with one attached hydrogen (secondary N) is 2. The number of H-pyrrole nitrogens is 1. The van der Waals surface area contributed by atoms with E-state index < -0.39 is 5.60 Å². The van der Waals surface area contributed by atoms with Crippen molar-refractivity contribution in [1.82, 2.24) is 25.2 Å². The molecule has 9 heteroatoms. The lowest BCUT2D eigenvalue weighted by molar-refractivity contribution is -0.0626. The van der Waals surface area contributed by atoms with E-state index in [1.165, 1.54) is 6.20 Å². The summed E-state index contributed by atoms with van der Waals surface area (Å²) in [5.74, 6) is -0.397. The second kappa shape index (κ2) is 7.75. The van der Waals surface area contributed by atoms with Gasteiger partial charge in [-0.05, 0) is 37.8 Å². The van der Waals surface area contributed by atoms with Crippen LogP contribution in [0.4, 0.5) is 0 Å². The zero-order valence-electron chi connectivity index (χ0n) is 16.1. The van der Waals surface area contributed by atoms with Crippen LogP contribution in [0.5, 0.6) is 0 Å². The van der Waals surface area contributed by atoms with Crippen LogP contribution in [0.2, 0.25) is 0 Å². The number of nitrogens with zero attached hydrogens (tertiary/aromatic N) is 3. The number of aromatic nitrogens is 3. The minimum absolute atomic E-state index is 0.0686. The molecule has 0 spiro atoms. The zero-order valence-corrected chi connectivity index (χ0v) is 16.1. The first kappa shape index (κ1) is 19.3. The molecule has 3 atom stereocenters. The Hall–Kier alpha value is -3.07. The van der Waals surface area contributed by atoms with Crippen molar-refractivity contribution in [3.05, 3.63) is 58.5 Å². The average Bonchev–Trinajstić information content (AvgIpc) is 3.14. The van der Waals surface area contributed by atoms with Gasteiger partial charge >= 0.3 is 0 Å². The summed E-state index contributed by atoms with van der Waals surface area (Å²) >= 11 is 0. The molecule has 2 fully saturated rings. The van der Waals surface area contributed by atoms with Crippen LogP contribution in [0, 0.1) is 0 Å². The van der Waals surface area contributed by atoms with Gasteiger partial charge in [-0.25, -0.2) is 4.98 Å². The van der Waals surface area contributed by atoms with Crippen molar-refractivity contribution in [1.29, 1.82) is 0 Å². The van der Waals surface area contributed by atoms with Crippen molar-refractivity contribution in [2.75, 3.05) is 13.7 Å². The van der Waals surface area contributed by atoms with Gasteiger partial charge in [-0.1, -0.05) is 0 Å². The van der Waals surface area contributed by atoms with Gasteiger partial charge in [-0.3, -0.25) is 19.4 Å². The molecular formula is C20H23N5O4. The van der Waals surface area contributed by atoms with Crippen LogP contribution < -0.4 is 10.9 Å². The fraction of sp³-hybridized carbons (Fsp3) is 0.450. The highest BCUT2D eigenvalue weighted by molar-refractivity contribution is 5.94. The summed E-state index contributed by atoms with van der Waals surface area (Å²) in [6.45, 7) is 0.545. The van der Waals surface area contributed by atoms with E-state index in [1.54, 1.807) is 36.5 Å². The Morgan fingerprint density at radius 3 is 2.79 bits per heavy atom. The summed E-state index contributed by atoms with van der Waals surface area (Å²) in [5.41, 5.74) is -0.0268. The Bertz CT molecular complexity index is 942. The van der Waals surface area contributed by atoms with Crippen molar-refractivity contribution in [3.8, 4) is 0 Å². The highest BCUT2D eigenvalue weighted by Crippen LogP contribution is 2.42. The molecule has 1 aliphatic carbocycles. The fourth-order valence-corrected chi connectivity index (χ4v) is 4.45. The van der Waals surface area contributed by atoms with Gasteiger partial charge < -0.3 is 19.9 Å². The maximum Gasteiger partial charge on any atom is 0.274 e. The van der Waals surface area contributed by atoms with E-state index in [0.29, 0.717) is 18.5 Å². The third-order valence-corrected chi connectivity index (χ3v) is 6.02. The maximum absolute atomic E-state index is 13.0. The summed E-state index contributed by atoms with van der Waals surface area (Å²) in [4.78, 5) is 48.9. The smallest absolute Gasteiger partial charge is 0.274 e. The summed E-state index contributed by atoms with van der Waals surface area (Å²) in [6.07, 6.45) is 8.46. The minimum Gasteiger partial charge on any atom is -0.376 e. The van der Waals surface area contributed by atoms with Gasteiger partial charge in [-0.2, -0.15) is 0 Å². The van der Waals surface area contributed by atoms with Gasteiger partial charge in [0.25, 0.3) is 17.4 Å². The molecule has 2 aromatic rings. The van der Waals surface area contributed by atoms with Crippen LogP contribution in [0.1, 0.15) is 46.5 Å². The number of hydrogen-bond acceptors (Lipinski definition) is 6. The third-order valence-electron chi connectivity index (χ3n) is 6.02. The molecule has 2 N–H and O–H groups in total. The largest absolute Gasteiger partial charge is 0.376 e. The number of methoxy groups -OCH3 is 1. The molecule has 2 aliphatic rings. The maximum atomic E-state index is 13.0. The molecule has 0 unspecified atom stereocenters. The highest BCUT2D eigenvalue weighted by Gasteiger charge is 2.53. The quantitative estimate of drug-likeness (QED) is 0.786. The Balaban J connectivity index is 1.51. The molecule has 29 heavy (non-hydrogen) atoms. The number of likely N-dealkylation sites (tertiary alicyclic amines) is 1. The number of amides is 2. The molecule has 3 heterocycles. The summed E-state index contributed by atoms with van der Waals surface area (Å²) in [6, 6.07) is 3.10. The molecule has 0 radical (unpaired) electrons. The monoisotopic (exact) mass is 397 g/mol. The van der Waals surface area contributed by atoms with Gasteiger partial charge in [0, 0.05) is 43.9 Å². The van der Waals surface area contributed by atoms with Gasteiger partial charge in [0.2, 0.25) is 0 Å². The number of pyridine rings is 1. The lowest BCUT2D eigenvalue weighted by atomic mass is 9.78. The zero-order chi connectivity index (χ0) is 20.4. The molecule has 2 aromatic heterocycles. The van der Waals surface area contributed by atoms with E-state index in [1.807, 2.05) is 0 Å². The first-order valence-electron chi connectivity index (χ1n) is 9.64. The fourth-order valence-electron chi connectivity index (χ4n) is 4.45. The van der Waals surface area contributed by atoms with Crippen LogP contribution in [-0.2, 0) is 4.74 Å². The first-order valence-corrected chi connectivity index (χ1v) is 9.64. The van der Waals surface area contributed by atoms with Crippen molar-refractivity contribution < 1.29 is 14.3 Å². The van der Waals surface area contributed by atoms with Gasteiger partial charge in [0.1, 0.15) is 5.69 Å². The predicted octanol–water partition coefficient (Wildman–Crippen LogP) is 0.747. The normalized spacial score (nSPS) is 26.0. The van der Waals surface area contributed by atoms with E-state index in [2.05, 4.69) is 20.3 Å². The second-order valence-corrected chi connectivity index (χ2v) is 7.51. The van der Waals surface area contributed by atoms with Crippen LogP contribution in [0.25, 0.3) is 0 Å². The molecule has 1 saturated carbocycles. The summed E-state index contributed by atoms with van der Waals surface area (Å²) in [5, 5.41) is 3.07. The number of fused-ring (bicyclic) bond motifs is 1. The third kappa shape index (κ3) is 3.65. The van der Waals surface area contributed by atoms with Crippen molar-refractivity contribution in [2.45, 2.75) is 43.4 Å². The molecule has 1 aliphatic heterocycles. The predicted molar refractivity (Wildman–Crippen MR) is 103 cm³/mol. The van der Waals surface area contributed by atoms with E-state index >= 15 is 0 Å². The number of ether oxygens (including phenoxy) is 1. The number of carbonyl (C=O) groups is 2. The Morgan fingerprint density at radius 1 is 1.31 bits per heavy atom. The molecule has 0 aromatic carbocycles. The molecule has 0 bridgehead atoms. The second-order valence-electron chi connectivity index (χ2n) is 7.51. The summed E-state index contributed by atoms with van der Waals surface area (Å²) in [7, 11) is 1.68. The van der Waals surface area contributed by atoms with Crippen LogP contribution >= 0.6 is 0 Å². The van der Waals surface area contributed by atoms with Crippen LogP contribution in [-0.4, -0.2) is 63.0 Å². The van der Waals surface area contributed by atoms with E-state index in [9.17, 15) is 14.4 Å². The standard InChI is InChI=1S/C20H23N5O4/c1-29-20-5-2-14(24-18(27)13-3-7-21-8-4-13)10-16(20)25(9-6-20)19(28)15-11-23-17(26)12-22-15/h3-4,7-8,11-12,14,16H,2,5-6,9-10H2,1H3,(H,23,26)(H,24,27)/t14-,16+,20-/m1/s1. The minimum atomic E-state index is -0.421. The van der Waals surface area contributed by atoms with Crippen molar-refractivity contribution in [2.24, 2.45) is 0 Å². The number of aromatic amines is 1. The highest BCUT2D eigenvalue weighted by atomic mass is 16.5. The van der Waals surface area contributed by atoms with Gasteiger partial charge in [0.15, 0.2) is 0 Å². The number of rotatable bonds is 4. The Labute approximate surface area is 167 Å². The lowest BCUT2D eigenvalue weighted by Crippen LogP contribution is -2.55. The SMILES string of the molecule is CO[C@@]12CC[C@@H](NC(=O)c3ccncc3)C[C@@H]1N(C(=O)c1c[nH]c(=O)cn1)CC2. The van der Waals surface area contributed by atoms with Gasteiger partial charge in [-0.15, -0.1) is 0 Å². The van der Waals surface area contributed by atoms with E-state index in [0.717, 1.165) is 25.5 Å². The molecular weight excluding hydrogens is 374 g/mol. The molecule has 152 valence electrons. The Morgan fingerprint density at radius 2 is 2.10 bits per heavy atom. The molecule has 2 amide bonds. The van der Waals surface area contributed by atoms with E-state index in [4.69, 9.17) is 4.74 Å². The number of hydrogen-bond donors (Lipinski definition) is 2.